The minimum absolute atomic E-state index is 0.0866. The Labute approximate surface area is 105 Å². The van der Waals surface area contributed by atoms with Gasteiger partial charge in [0, 0.05) is 5.56 Å². The molecule has 1 saturated heterocycles. The van der Waals surface area contributed by atoms with Crippen molar-refractivity contribution in [3.05, 3.63) is 33.8 Å². The topological polar surface area (TPSA) is 29.1 Å². The van der Waals surface area contributed by atoms with Gasteiger partial charge in [0.15, 0.2) is 5.78 Å². The van der Waals surface area contributed by atoms with Crippen LogP contribution in [0.25, 0.3) is 0 Å². The number of Topliss-reactive ketones (excluding diaryl/α,β-unsaturated/α-hetero) is 1. The molecule has 0 aliphatic carbocycles. The summed E-state index contributed by atoms with van der Waals surface area (Å²) in [7, 11) is 0. The largest absolute Gasteiger partial charge is 0.305 e. The maximum Gasteiger partial charge on any atom is 0.182 e. The van der Waals surface area contributed by atoms with Crippen molar-refractivity contribution in [2.45, 2.75) is 25.3 Å². The molecule has 0 aromatic heterocycles. The Morgan fingerprint density at radius 3 is 2.69 bits per heavy atom. The molecule has 0 bridgehead atoms. The SMILES string of the molecule is CC1(C(=O)c2ccc(Cl)c(Cl)c2)CCCN1. The zero-order valence-corrected chi connectivity index (χ0v) is 10.5. The predicted molar refractivity (Wildman–Crippen MR) is 66.4 cm³/mol. The molecule has 1 N–H and O–H groups in total. The van der Waals surface area contributed by atoms with E-state index in [1.807, 2.05) is 6.92 Å². The van der Waals surface area contributed by atoms with E-state index in [-0.39, 0.29) is 5.78 Å². The van der Waals surface area contributed by atoms with Gasteiger partial charge in [0.25, 0.3) is 0 Å². The van der Waals surface area contributed by atoms with Crippen LogP contribution in [0, 0.1) is 0 Å². The summed E-state index contributed by atoms with van der Waals surface area (Å²) >= 11 is 11.7. The highest BCUT2D eigenvalue weighted by atomic mass is 35.5. The summed E-state index contributed by atoms with van der Waals surface area (Å²) in [6.07, 6.45) is 1.90. The summed E-state index contributed by atoms with van der Waals surface area (Å²) < 4.78 is 0. The Bertz CT molecular complexity index is 425. The molecule has 2 nitrogen and oxygen atoms in total. The lowest BCUT2D eigenvalue weighted by molar-refractivity contribution is 0.0884. The van der Waals surface area contributed by atoms with Gasteiger partial charge in [-0.3, -0.25) is 4.79 Å². The van der Waals surface area contributed by atoms with Gasteiger partial charge in [-0.1, -0.05) is 23.2 Å². The highest BCUT2D eigenvalue weighted by Crippen LogP contribution is 2.27. The smallest absolute Gasteiger partial charge is 0.182 e. The number of hydrogen-bond donors (Lipinski definition) is 1. The van der Waals surface area contributed by atoms with Crippen molar-refractivity contribution in [2.24, 2.45) is 0 Å². The molecule has 0 saturated carbocycles. The van der Waals surface area contributed by atoms with Gasteiger partial charge in [0.05, 0.1) is 15.6 Å². The van der Waals surface area contributed by atoms with E-state index in [1.54, 1.807) is 18.2 Å². The van der Waals surface area contributed by atoms with Crippen LogP contribution in [0.15, 0.2) is 18.2 Å². The Kier molecular flexibility index (Phi) is 3.24. The first-order chi connectivity index (χ1) is 7.53. The standard InChI is InChI=1S/C12H13Cl2NO/c1-12(5-2-6-15-12)11(16)8-3-4-9(13)10(14)7-8/h3-4,7,15H,2,5-6H2,1H3. The second kappa shape index (κ2) is 4.36. The van der Waals surface area contributed by atoms with E-state index in [1.165, 1.54) is 0 Å². The van der Waals surface area contributed by atoms with Crippen LogP contribution in [-0.4, -0.2) is 17.9 Å². The van der Waals surface area contributed by atoms with Crippen molar-refractivity contribution in [1.82, 2.24) is 5.32 Å². The van der Waals surface area contributed by atoms with E-state index in [4.69, 9.17) is 23.2 Å². The Morgan fingerprint density at radius 2 is 2.12 bits per heavy atom. The van der Waals surface area contributed by atoms with Gasteiger partial charge in [-0.05, 0) is 44.5 Å². The third-order valence-corrected chi connectivity index (χ3v) is 3.79. The highest BCUT2D eigenvalue weighted by Gasteiger charge is 2.36. The maximum absolute atomic E-state index is 12.3. The molecule has 2 rings (SSSR count). The van der Waals surface area contributed by atoms with Crippen LogP contribution in [0.5, 0.6) is 0 Å². The van der Waals surface area contributed by atoms with E-state index >= 15 is 0 Å². The predicted octanol–water partition coefficient (Wildman–Crippen LogP) is 3.32. The molecule has 1 aromatic rings. The normalized spacial score (nSPS) is 24.7. The van der Waals surface area contributed by atoms with Crippen molar-refractivity contribution < 1.29 is 4.79 Å². The van der Waals surface area contributed by atoms with E-state index < -0.39 is 5.54 Å². The minimum atomic E-state index is -0.447. The number of hydrogen-bond acceptors (Lipinski definition) is 2. The van der Waals surface area contributed by atoms with Crippen LogP contribution in [-0.2, 0) is 0 Å². The van der Waals surface area contributed by atoms with Crippen molar-refractivity contribution in [3.63, 3.8) is 0 Å². The molecule has 4 heteroatoms. The van der Waals surface area contributed by atoms with Gasteiger partial charge >= 0.3 is 0 Å². The molecule has 1 aliphatic heterocycles. The summed E-state index contributed by atoms with van der Waals surface area (Å²) in [4.78, 5) is 12.3. The minimum Gasteiger partial charge on any atom is -0.305 e. The number of rotatable bonds is 2. The number of benzene rings is 1. The summed E-state index contributed by atoms with van der Waals surface area (Å²) in [5.41, 5.74) is 0.170. The van der Waals surface area contributed by atoms with Crippen LogP contribution >= 0.6 is 23.2 Å². The van der Waals surface area contributed by atoms with Gasteiger partial charge in [0.1, 0.15) is 0 Å². The molecule has 1 heterocycles. The van der Waals surface area contributed by atoms with Crippen LogP contribution in [0.2, 0.25) is 10.0 Å². The van der Waals surface area contributed by atoms with Gasteiger partial charge in [0.2, 0.25) is 0 Å². The fourth-order valence-electron chi connectivity index (χ4n) is 2.04. The zero-order chi connectivity index (χ0) is 11.8. The lowest BCUT2D eigenvalue weighted by atomic mass is 9.90. The van der Waals surface area contributed by atoms with E-state index in [2.05, 4.69) is 5.32 Å². The van der Waals surface area contributed by atoms with Gasteiger partial charge in [-0.25, -0.2) is 0 Å². The molecule has 1 unspecified atom stereocenters. The Balaban J connectivity index is 2.30. The second-order valence-corrected chi connectivity index (χ2v) is 5.13. The second-order valence-electron chi connectivity index (χ2n) is 4.32. The van der Waals surface area contributed by atoms with E-state index in [0.717, 1.165) is 19.4 Å². The third-order valence-electron chi connectivity index (χ3n) is 3.05. The average Bonchev–Trinajstić information content (AvgIpc) is 2.70. The van der Waals surface area contributed by atoms with Gasteiger partial charge < -0.3 is 5.32 Å². The zero-order valence-electron chi connectivity index (χ0n) is 9.02. The summed E-state index contributed by atoms with van der Waals surface area (Å²) in [6, 6.07) is 5.02. The fourth-order valence-corrected chi connectivity index (χ4v) is 2.34. The molecular weight excluding hydrogens is 245 g/mol. The summed E-state index contributed by atoms with van der Waals surface area (Å²) in [5, 5.41) is 4.14. The molecule has 0 radical (unpaired) electrons. The van der Waals surface area contributed by atoms with Crippen molar-refractivity contribution >= 4 is 29.0 Å². The number of carbonyl (C=O) groups is 1. The summed E-state index contributed by atoms with van der Waals surface area (Å²) in [5.74, 6) is 0.0866. The monoisotopic (exact) mass is 257 g/mol. The van der Waals surface area contributed by atoms with E-state index in [9.17, 15) is 4.79 Å². The Morgan fingerprint density at radius 1 is 1.38 bits per heavy atom. The van der Waals surface area contributed by atoms with E-state index in [0.29, 0.717) is 15.6 Å². The van der Waals surface area contributed by atoms with Crippen LogP contribution < -0.4 is 5.32 Å². The average molecular weight is 258 g/mol. The number of nitrogens with one attached hydrogen (secondary N) is 1. The molecule has 1 aromatic carbocycles. The van der Waals surface area contributed by atoms with Crippen molar-refractivity contribution in [1.29, 1.82) is 0 Å². The van der Waals surface area contributed by atoms with Crippen molar-refractivity contribution in [3.8, 4) is 0 Å². The van der Waals surface area contributed by atoms with Crippen molar-refractivity contribution in [2.75, 3.05) is 6.54 Å². The molecule has 0 spiro atoms. The maximum atomic E-state index is 12.3. The molecule has 0 amide bonds. The fraction of sp³-hybridized carbons (Fsp3) is 0.417. The molecule has 1 aliphatic rings. The van der Waals surface area contributed by atoms with Gasteiger partial charge in [-0.15, -0.1) is 0 Å². The molecule has 86 valence electrons. The number of carbonyl (C=O) groups excluding carboxylic acids is 1. The van der Waals surface area contributed by atoms with Crippen LogP contribution in [0.1, 0.15) is 30.1 Å². The van der Waals surface area contributed by atoms with Crippen LogP contribution in [0.4, 0.5) is 0 Å². The van der Waals surface area contributed by atoms with Gasteiger partial charge in [-0.2, -0.15) is 0 Å². The summed E-state index contributed by atoms with van der Waals surface area (Å²) in [6.45, 7) is 2.83. The molecule has 1 fully saturated rings. The first-order valence-electron chi connectivity index (χ1n) is 5.28. The van der Waals surface area contributed by atoms with Crippen LogP contribution in [0.3, 0.4) is 0 Å². The molecular formula is C12H13Cl2NO. The lowest BCUT2D eigenvalue weighted by Crippen LogP contribution is -2.44. The lowest BCUT2D eigenvalue weighted by Gasteiger charge is -2.22. The quantitative estimate of drug-likeness (QED) is 0.824. The third kappa shape index (κ3) is 2.10. The first-order valence-corrected chi connectivity index (χ1v) is 6.03. The Hall–Kier alpha value is -0.570. The number of ketones is 1. The highest BCUT2D eigenvalue weighted by molar-refractivity contribution is 6.42. The molecule has 16 heavy (non-hydrogen) atoms. The molecule has 1 atom stereocenters. The number of halogens is 2. The first kappa shape index (κ1) is 11.9.